The molecule has 94 valence electrons. The number of ether oxygens (including phenoxy) is 1. The van der Waals surface area contributed by atoms with Gasteiger partial charge in [0.25, 0.3) is 0 Å². The lowest BCUT2D eigenvalue weighted by Gasteiger charge is -2.23. The zero-order valence-electron chi connectivity index (χ0n) is 11.1. The topological polar surface area (TPSA) is 9.23 Å². The predicted octanol–water partition coefficient (Wildman–Crippen LogP) is 4.47. The van der Waals surface area contributed by atoms with Gasteiger partial charge in [-0.3, -0.25) is 0 Å². The Morgan fingerprint density at radius 1 is 1.24 bits per heavy atom. The van der Waals surface area contributed by atoms with E-state index in [1.807, 2.05) is 18.2 Å². The third-order valence-electron chi connectivity index (χ3n) is 2.53. The highest BCUT2D eigenvalue weighted by molar-refractivity contribution is 6.18. The van der Waals surface area contributed by atoms with Crippen molar-refractivity contribution in [2.45, 2.75) is 33.1 Å². The number of allylic oxidation sites excluding steroid dienone is 1. The Labute approximate surface area is 109 Å². The molecule has 0 saturated heterocycles. The van der Waals surface area contributed by atoms with Crippen LogP contribution in [-0.2, 0) is 5.41 Å². The molecule has 0 aromatic heterocycles. The van der Waals surface area contributed by atoms with Crippen LogP contribution in [0.1, 0.15) is 31.9 Å². The van der Waals surface area contributed by atoms with E-state index in [1.54, 1.807) is 0 Å². The first kappa shape index (κ1) is 14.1. The number of rotatable bonds is 4. The zero-order valence-corrected chi connectivity index (χ0v) is 11.8. The van der Waals surface area contributed by atoms with Crippen molar-refractivity contribution in [1.82, 2.24) is 0 Å². The number of aryl methyl sites for hydroxylation is 1. The molecule has 0 atom stereocenters. The molecular formula is C15H21ClO. The van der Waals surface area contributed by atoms with Crippen molar-refractivity contribution in [3.05, 3.63) is 41.5 Å². The van der Waals surface area contributed by atoms with Gasteiger partial charge < -0.3 is 4.74 Å². The lowest BCUT2D eigenvalue weighted by molar-refractivity contribution is 0.350. The smallest absolute Gasteiger partial charge is 0.123 e. The molecule has 0 aliphatic carbocycles. The van der Waals surface area contributed by atoms with E-state index in [2.05, 4.69) is 39.8 Å². The Balaban J connectivity index is 2.87. The zero-order chi connectivity index (χ0) is 12.9. The normalized spacial score (nSPS) is 12.1. The number of hydrogen-bond acceptors (Lipinski definition) is 1. The Kier molecular flexibility index (Phi) is 5.07. The number of hydrogen-bond donors (Lipinski definition) is 0. The first-order valence-corrected chi connectivity index (χ1v) is 6.43. The van der Waals surface area contributed by atoms with Crippen molar-refractivity contribution in [2.24, 2.45) is 0 Å². The molecule has 2 heteroatoms. The molecule has 1 aromatic carbocycles. The van der Waals surface area contributed by atoms with Crippen molar-refractivity contribution in [2.75, 3.05) is 12.5 Å². The highest BCUT2D eigenvalue weighted by Gasteiger charge is 2.18. The summed E-state index contributed by atoms with van der Waals surface area (Å²) < 4.78 is 5.78. The maximum absolute atomic E-state index is 5.78. The van der Waals surface area contributed by atoms with E-state index < -0.39 is 0 Å². The Hall–Kier alpha value is -0.950. The molecule has 0 aliphatic rings. The van der Waals surface area contributed by atoms with E-state index in [-0.39, 0.29) is 5.41 Å². The van der Waals surface area contributed by atoms with Crippen LogP contribution in [0.3, 0.4) is 0 Å². The van der Waals surface area contributed by atoms with Gasteiger partial charge in [-0.15, -0.1) is 11.6 Å². The first-order chi connectivity index (χ1) is 7.95. The SMILES string of the molecule is Cc1ccc(OCC=CCCl)c(C(C)(C)C)c1. The third kappa shape index (κ3) is 4.43. The van der Waals surface area contributed by atoms with E-state index in [0.717, 1.165) is 5.75 Å². The summed E-state index contributed by atoms with van der Waals surface area (Å²) >= 11 is 5.57. The molecule has 0 unspecified atom stereocenters. The molecule has 17 heavy (non-hydrogen) atoms. The molecule has 0 N–H and O–H groups in total. The summed E-state index contributed by atoms with van der Waals surface area (Å²) in [5.41, 5.74) is 2.60. The second-order valence-electron chi connectivity index (χ2n) is 5.19. The van der Waals surface area contributed by atoms with Gasteiger partial charge in [0.05, 0.1) is 0 Å². The summed E-state index contributed by atoms with van der Waals surface area (Å²) in [6.07, 6.45) is 3.84. The van der Waals surface area contributed by atoms with Crippen LogP contribution in [0, 0.1) is 6.92 Å². The minimum Gasteiger partial charge on any atom is -0.489 e. The fourth-order valence-corrected chi connectivity index (χ4v) is 1.75. The lowest BCUT2D eigenvalue weighted by Crippen LogP contribution is -2.13. The number of benzene rings is 1. The molecule has 0 amide bonds. The van der Waals surface area contributed by atoms with Crippen molar-refractivity contribution in [1.29, 1.82) is 0 Å². The average Bonchev–Trinajstić information content (AvgIpc) is 2.25. The second-order valence-corrected chi connectivity index (χ2v) is 5.49. The Bertz CT molecular complexity index is 388. The molecule has 1 aromatic rings. The maximum atomic E-state index is 5.78. The highest BCUT2D eigenvalue weighted by atomic mass is 35.5. The average molecular weight is 253 g/mol. The van der Waals surface area contributed by atoms with Crippen LogP contribution < -0.4 is 4.74 Å². The summed E-state index contributed by atoms with van der Waals surface area (Å²) in [6.45, 7) is 9.26. The summed E-state index contributed by atoms with van der Waals surface area (Å²) in [6, 6.07) is 6.32. The number of halogens is 1. The molecule has 1 nitrogen and oxygen atoms in total. The van der Waals surface area contributed by atoms with Crippen LogP contribution in [0.2, 0.25) is 0 Å². The van der Waals surface area contributed by atoms with Gasteiger partial charge in [0, 0.05) is 5.88 Å². The van der Waals surface area contributed by atoms with Gasteiger partial charge in [-0.1, -0.05) is 50.6 Å². The quantitative estimate of drug-likeness (QED) is 0.568. The molecule has 0 saturated carbocycles. The first-order valence-electron chi connectivity index (χ1n) is 5.90. The van der Waals surface area contributed by atoms with Crippen LogP contribution in [0.5, 0.6) is 5.75 Å². The summed E-state index contributed by atoms with van der Waals surface area (Å²) in [4.78, 5) is 0. The van der Waals surface area contributed by atoms with E-state index >= 15 is 0 Å². The molecule has 1 rings (SSSR count). The van der Waals surface area contributed by atoms with Gasteiger partial charge in [-0.25, -0.2) is 0 Å². The van der Waals surface area contributed by atoms with Crippen molar-refractivity contribution < 1.29 is 4.74 Å². The van der Waals surface area contributed by atoms with Crippen molar-refractivity contribution in [3.63, 3.8) is 0 Å². The molecule has 0 bridgehead atoms. The standard InChI is InChI=1S/C15H21ClO/c1-12-7-8-14(17-10-6-5-9-16)13(11-12)15(2,3)4/h5-8,11H,9-10H2,1-4H3. The Morgan fingerprint density at radius 3 is 2.53 bits per heavy atom. The van der Waals surface area contributed by atoms with E-state index in [9.17, 15) is 0 Å². The minimum absolute atomic E-state index is 0.0948. The van der Waals surface area contributed by atoms with Crippen molar-refractivity contribution in [3.8, 4) is 5.75 Å². The Morgan fingerprint density at radius 2 is 1.94 bits per heavy atom. The molecule has 0 fully saturated rings. The highest BCUT2D eigenvalue weighted by Crippen LogP contribution is 2.32. The second kappa shape index (κ2) is 6.11. The van der Waals surface area contributed by atoms with Crippen LogP contribution in [0.25, 0.3) is 0 Å². The fourth-order valence-electron chi connectivity index (χ4n) is 1.62. The third-order valence-corrected chi connectivity index (χ3v) is 2.71. The molecule has 0 radical (unpaired) electrons. The van der Waals surface area contributed by atoms with Crippen LogP contribution in [-0.4, -0.2) is 12.5 Å². The van der Waals surface area contributed by atoms with E-state index in [1.165, 1.54) is 11.1 Å². The van der Waals surface area contributed by atoms with E-state index in [0.29, 0.717) is 12.5 Å². The fraction of sp³-hybridized carbons (Fsp3) is 0.467. The molecular weight excluding hydrogens is 232 g/mol. The summed E-state index contributed by atoms with van der Waals surface area (Å²) in [5.74, 6) is 1.49. The van der Waals surface area contributed by atoms with Gasteiger partial charge in [0.15, 0.2) is 0 Å². The van der Waals surface area contributed by atoms with Crippen LogP contribution in [0.4, 0.5) is 0 Å². The molecule has 0 aliphatic heterocycles. The number of alkyl halides is 1. The van der Waals surface area contributed by atoms with Crippen LogP contribution >= 0.6 is 11.6 Å². The molecule has 0 heterocycles. The van der Waals surface area contributed by atoms with Gasteiger partial charge in [0.1, 0.15) is 12.4 Å². The maximum Gasteiger partial charge on any atom is 0.123 e. The largest absolute Gasteiger partial charge is 0.489 e. The summed E-state index contributed by atoms with van der Waals surface area (Å²) in [7, 11) is 0. The van der Waals surface area contributed by atoms with Crippen molar-refractivity contribution >= 4 is 11.6 Å². The van der Waals surface area contributed by atoms with E-state index in [4.69, 9.17) is 16.3 Å². The molecule has 0 spiro atoms. The minimum atomic E-state index is 0.0948. The monoisotopic (exact) mass is 252 g/mol. The summed E-state index contributed by atoms with van der Waals surface area (Å²) in [5, 5.41) is 0. The van der Waals surface area contributed by atoms with Gasteiger partial charge in [-0.2, -0.15) is 0 Å². The van der Waals surface area contributed by atoms with Gasteiger partial charge >= 0.3 is 0 Å². The van der Waals surface area contributed by atoms with Crippen LogP contribution in [0.15, 0.2) is 30.4 Å². The lowest BCUT2D eigenvalue weighted by atomic mass is 9.85. The van der Waals surface area contributed by atoms with Gasteiger partial charge in [0.2, 0.25) is 0 Å². The predicted molar refractivity (Wildman–Crippen MR) is 75.2 cm³/mol. The van der Waals surface area contributed by atoms with Gasteiger partial charge in [-0.05, 0) is 24.0 Å².